The van der Waals surface area contributed by atoms with E-state index in [0.29, 0.717) is 0 Å². The Morgan fingerprint density at radius 3 is 1.14 bits per heavy atom. The summed E-state index contributed by atoms with van der Waals surface area (Å²) in [5.74, 6) is 0. The Morgan fingerprint density at radius 2 is 1.14 bits per heavy atom. The molecule has 7 heavy (non-hydrogen) atoms. The summed E-state index contributed by atoms with van der Waals surface area (Å²) in [5.41, 5.74) is 0. The van der Waals surface area contributed by atoms with Crippen molar-refractivity contribution in [3.63, 3.8) is 0 Å². The Morgan fingerprint density at radius 1 is 1.14 bits per heavy atom. The molecule has 0 radical (unpaired) electrons. The third-order valence-corrected chi connectivity index (χ3v) is 0. The van der Waals surface area contributed by atoms with Gasteiger partial charge in [-0.05, 0) is 0 Å². The molecule has 0 bridgehead atoms. The van der Waals surface area contributed by atoms with E-state index in [1.54, 1.807) is 0 Å². The fourth-order valence-corrected chi connectivity index (χ4v) is 0. The van der Waals surface area contributed by atoms with Gasteiger partial charge >= 0.3 is 0 Å². The Labute approximate surface area is 55.6 Å². The first-order chi connectivity index (χ1) is 1.73. The van der Waals surface area contributed by atoms with Crippen molar-refractivity contribution < 1.29 is 43.7 Å². The zero-order valence-electron chi connectivity index (χ0n) is 3.42. The van der Waals surface area contributed by atoms with Crippen LogP contribution in [0.1, 0.15) is 0 Å². The van der Waals surface area contributed by atoms with Crippen LogP contribution in [0.25, 0.3) is 0 Å². The van der Waals surface area contributed by atoms with Crippen LogP contribution < -0.4 is 0 Å². The minimum atomic E-state index is -2.61. The molecule has 7 heteroatoms. The first kappa shape index (κ1) is 25.5. The molecule has 0 fully saturated rings. The molecule has 0 aromatic heterocycles. The van der Waals surface area contributed by atoms with Crippen LogP contribution in [0.2, 0.25) is 0 Å². The van der Waals surface area contributed by atoms with Crippen molar-refractivity contribution in [2.24, 2.45) is 0 Å². The molecular formula is H6O5SZn. The molecule has 0 aliphatic heterocycles. The standard InChI is InChI=1S/H2O3S.2H2O.Zn/c1-4(2)3;;;/h(H2,1,2,3);2*1H2;. The quantitative estimate of drug-likeness (QED) is 0.335. The summed E-state index contributed by atoms with van der Waals surface area (Å²) in [7, 11) is 0. The van der Waals surface area contributed by atoms with E-state index in [1.807, 2.05) is 0 Å². The second kappa shape index (κ2) is 16.0. The Bertz CT molecular complexity index is 31.1. The van der Waals surface area contributed by atoms with Crippen LogP contribution in [-0.4, -0.2) is 24.3 Å². The van der Waals surface area contributed by atoms with Gasteiger partial charge in [0, 0.05) is 19.5 Å². The van der Waals surface area contributed by atoms with Crippen molar-refractivity contribution in [2.45, 2.75) is 0 Å². The molecule has 0 unspecified atom stereocenters. The van der Waals surface area contributed by atoms with Gasteiger partial charge in [-0.2, -0.15) is 4.21 Å². The van der Waals surface area contributed by atoms with Gasteiger partial charge in [-0.3, -0.25) is 9.11 Å². The van der Waals surface area contributed by atoms with Crippen molar-refractivity contribution in [1.29, 1.82) is 0 Å². The number of hydrogen-bond acceptors (Lipinski definition) is 1. The summed E-state index contributed by atoms with van der Waals surface area (Å²) < 4.78 is 22.8. The van der Waals surface area contributed by atoms with Gasteiger partial charge in [0.2, 0.25) is 0 Å². The van der Waals surface area contributed by atoms with Crippen LogP contribution >= 0.6 is 0 Å². The summed E-state index contributed by atoms with van der Waals surface area (Å²) >= 11 is -2.61. The summed E-state index contributed by atoms with van der Waals surface area (Å²) in [4.78, 5) is 0. The van der Waals surface area contributed by atoms with Crippen LogP contribution in [-0.2, 0) is 30.8 Å². The minimum Gasteiger partial charge on any atom is -0.412 e. The molecule has 6 N–H and O–H groups in total. The first-order valence-corrected chi connectivity index (χ1v) is 1.60. The van der Waals surface area contributed by atoms with Gasteiger partial charge in [0.1, 0.15) is 0 Å². The fourth-order valence-electron chi connectivity index (χ4n) is 0. The molecule has 0 aliphatic carbocycles. The molecule has 0 aliphatic rings. The average molecular weight is 184 g/mol. The maximum Gasteiger partial charge on any atom is 0.299 e. The third kappa shape index (κ3) is 374. The van der Waals surface area contributed by atoms with E-state index >= 15 is 0 Å². The monoisotopic (exact) mass is 182 g/mol. The van der Waals surface area contributed by atoms with Crippen molar-refractivity contribution >= 4 is 11.4 Å². The molecule has 0 aromatic rings. The second-order valence-corrected chi connectivity index (χ2v) is 0.692. The topological polar surface area (TPSA) is 121 Å². The van der Waals surface area contributed by atoms with Gasteiger partial charge in [-0.25, -0.2) is 0 Å². The third-order valence-electron chi connectivity index (χ3n) is 0. The van der Waals surface area contributed by atoms with E-state index in [4.69, 9.17) is 13.3 Å². The van der Waals surface area contributed by atoms with Crippen molar-refractivity contribution in [1.82, 2.24) is 0 Å². The van der Waals surface area contributed by atoms with Crippen LogP contribution in [0.5, 0.6) is 0 Å². The molecule has 0 saturated carbocycles. The van der Waals surface area contributed by atoms with Gasteiger partial charge in [-0.1, -0.05) is 0 Å². The zero-order chi connectivity index (χ0) is 3.58. The van der Waals surface area contributed by atoms with Gasteiger partial charge in [-0.15, -0.1) is 0 Å². The van der Waals surface area contributed by atoms with Gasteiger partial charge in [0.25, 0.3) is 11.4 Å². The van der Waals surface area contributed by atoms with E-state index < -0.39 is 11.4 Å². The van der Waals surface area contributed by atoms with Gasteiger partial charge < -0.3 is 11.0 Å². The summed E-state index contributed by atoms with van der Waals surface area (Å²) in [6, 6.07) is 0. The Hall–Kier alpha value is 0.613. The van der Waals surface area contributed by atoms with Crippen LogP contribution in [0, 0.1) is 0 Å². The second-order valence-electron chi connectivity index (χ2n) is 0.231. The zero-order valence-corrected chi connectivity index (χ0v) is 7.20. The maximum atomic E-state index is 8.67. The summed E-state index contributed by atoms with van der Waals surface area (Å²) in [6.07, 6.45) is 0. The minimum absolute atomic E-state index is 0. The molecule has 5 nitrogen and oxygen atoms in total. The normalized spacial score (nSPS) is 5.00. The van der Waals surface area contributed by atoms with Crippen molar-refractivity contribution in [3.8, 4) is 0 Å². The van der Waals surface area contributed by atoms with E-state index in [-0.39, 0.29) is 30.4 Å². The van der Waals surface area contributed by atoms with Crippen LogP contribution in [0.15, 0.2) is 0 Å². The molecule has 0 spiro atoms. The molecule has 44 valence electrons. The molecule has 0 atom stereocenters. The first-order valence-electron chi connectivity index (χ1n) is 0.532. The van der Waals surface area contributed by atoms with Gasteiger partial charge in [0.15, 0.2) is 0 Å². The predicted molar refractivity (Wildman–Crippen MR) is 20.6 cm³/mol. The summed E-state index contributed by atoms with van der Waals surface area (Å²) in [6.45, 7) is 0. The summed E-state index contributed by atoms with van der Waals surface area (Å²) in [5, 5.41) is 0. The fraction of sp³-hybridized carbons (Fsp3) is 0. The van der Waals surface area contributed by atoms with E-state index in [1.165, 1.54) is 0 Å². The van der Waals surface area contributed by atoms with E-state index in [0.717, 1.165) is 0 Å². The van der Waals surface area contributed by atoms with Gasteiger partial charge in [0.05, 0.1) is 0 Å². The molecule has 0 aromatic carbocycles. The predicted octanol–water partition coefficient (Wildman–Crippen LogP) is -1.97. The Kier molecular flexibility index (Phi) is 58.1. The maximum absolute atomic E-state index is 8.67. The SMILES string of the molecule is O.O.O=S(O)O.[Zn]. The molecule has 0 rings (SSSR count). The average Bonchev–Trinajstić information content (AvgIpc) is 0.811. The van der Waals surface area contributed by atoms with Crippen LogP contribution in [0.3, 0.4) is 0 Å². The molecule has 0 saturated heterocycles. The number of hydrogen-bond donors (Lipinski definition) is 2. The molecule has 0 heterocycles. The molecular weight excluding hydrogens is 177 g/mol. The largest absolute Gasteiger partial charge is 0.412 e. The smallest absolute Gasteiger partial charge is 0.299 e. The van der Waals surface area contributed by atoms with E-state index in [9.17, 15) is 0 Å². The Balaban J connectivity index is -0.0000000150. The molecule has 0 amide bonds. The van der Waals surface area contributed by atoms with E-state index in [2.05, 4.69) is 0 Å². The van der Waals surface area contributed by atoms with Crippen molar-refractivity contribution in [3.05, 3.63) is 0 Å². The number of rotatable bonds is 0. The van der Waals surface area contributed by atoms with Crippen molar-refractivity contribution in [2.75, 3.05) is 0 Å². The van der Waals surface area contributed by atoms with Crippen LogP contribution in [0.4, 0.5) is 0 Å².